The first-order valence-corrected chi connectivity index (χ1v) is 34.9. The summed E-state index contributed by atoms with van der Waals surface area (Å²) in [6.45, 7) is 8.15. The van der Waals surface area contributed by atoms with Crippen molar-refractivity contribution in [2.24, 2.45) is 11.8 Å². The average molecular weight is 1160 g/mol. The molecule has 2 heterocycles. The number of rotatable bonds is 56. The number of carbonyl (C=O) groups is 2. The first-order valence-electron chi connectivity index (χ1n) is 34.9. The summed E-state index contributed by atoms with van der Waals surface area (Å²) in [5.74, 6) is -1.41. The van der Waals surface area contributed by atoms with E-state index in [2.05, 4.69) is 27.7 Å². The Labute approximate surface area is 496 Å². The Kier molecular flexibility index (Phi) is 48.4. The molecule has 4 unspecified atom stereocenters. The molecule has 0 amide bonds. The third-order valence-electron chi connectivity index (χ3n) is 17.7. The van der Waals surface area contributed by atoms with E-state index in [1.165, 1.54) is 205 Å². The second kappa shape index (κ2) is 51.8. The van der Waals surface area contributed by atoms with E-state index in [-0.39, 0.29) is 23.8 Å². The highest BCUT2D eigenvalue weighted by Crippen LogP contribution is 2.31. The van der Waals surface area contributed by atoms with Gasteiger partial charge in [0.25, 0.3) is 0 Å². The first kappa shape index (κ1) is 75.7. The third-order valence-corrected chi connectivity index (χ3v) is 17.7. The van der Waals surface area contributed by atoms with Crippen molar-refractivity contribution in [3.05, 3.63) is 0 Å². The van der Waals surface area contributed by atoms with Gasteiger partial charge in [-0.05, 0) is 25.7 Å². The van der Waals surface area contributed by atoms with E-state index in [1.807, 2.05) is 0 Å². The second-order valence-electron chi connectivity index (χ2n) is 25.1. The molecule has 2 fully saturated rings. The van der Waals surface area contributed by atoms with Crippen LogP contribution in [0.5, 0.6) is 0 Å². The quantitative estimate of drug-likeness (QED) is 0.0248. The van der Waals surface area contributed by atoms with E-state index in [4.69, 9.17) is 23.7 Å². The summed E-state index contributed by atoms with van der Waals surface area (Å²) in [5.41, 5.74) is 0. The molecule has 2 rings (SSSR count). The largest absolute Gasteiger partial charge is 0.463 e. The highest BCUT2D eigenvalue weighted by molar-refractivity contribution is 5.72. The maximum atomic E-state index is 13.8. The van der Waals surface area contributed by atoms with Gasteiger partial charge in [-0.1, -0.05) is 310 Å². The maximum absolute atomic E-state index is 13.8. The van der Waals surface area contributed by atoms with Crippen LogP contribution in [0.3, 0.4) is 0 Å². The maximum Gasteiger partial charge on any atom is 0.309 e. The number of carbonyl (C=O) groups excluding carboxylic acids is 2. The minimum atomic E-state index is -1.82. The highest BCUT2D eigenvalue weighted by atomic mass is 16.8. The molecule has 13 nitrogen and oxygen atoms in total. The molecule has 0 aromatic heterocycles. The van der Waals surface area contributed by atoms with E-state index in [9.17, 15) is 40.2 Å². The van der Waals surface area contributed by atoms with Crippen molar-refractivity contribution >= 4 is 11.9 Å². The number of ether oxygens (including phenoxy) is 5. The monoisotopic (exact) mass is 1150 g/mol. The average Bonchev–Trinajstić information content (AvgIpc) is 3.48. The lowest BCUT2D eigenvalue weighted by atomic mass is 9.94. The van der Waals surface area contributed by atoms with Gasteiger partial charge in [-0.25, -0.2) is 0 Å². The van der Waals surface area contributed by atoms with Crippen LogP contribution >= 0.6 is 0 Å². The van der Waals surface area contributed by atoms with E-state index in [0.717, 1.165) is 77.0 Å². The fraction of sp³-hybridized carbons (Fsp3) is 0.971. The molecule has 0 aromatic rings. The minimum absolute atomic E-state index is 0.320. The van der Waals surface area contributed by atoms with E-state index in [0.29, 0.717) is 25.7 Å². The number of esters is 2. The van der Waals surface area contributed by atoms with Crippen LogP contribution in [-0.2, 0) is 33.3 Å². The molecular formula is C68H130O13. The molecule has 0 radical (unpaired) electrons. The van der Waals surface area contributed by atoms with Gasteiger partial charge in [0.2, 0.25) is 0 Å². The molecule has 2 aliphatic rings. The van der Waals surface area contributed by atoms with Crippen molar-refractivity contribution in [2.75, 3.05) is 13.2 Å². The van der Waals surface area contributed by atoms with Gasteiger partial charge in [-0.2, -0.15) is 0 Å². The summed E-state index contributed by atoms with van der Waals surface area (Å²) in [6.07, 6.45) is 39.8. The van der Waals surface area contributed by atoms with Crippen LogP contribution in [0.25, 0.3) is 0 Å². The van der Waals surface area contributed by atoms with Gasteiger partial charge in [-0.3, -0.25) is 9.59 Å². The fourth-order valence-electron chi connectivity index (χ4n) is 12.0. The summed E-state index contributed by atoms with van der Waals surface area (Å²) in [5, 5.41) is 66.2. The summed E-state index contributed by atoms with van der Waals surface area (Å²) in [4.78, 5) is 27.6. The molecule has 2 aliphatic heterocycles. The molecule has 0 saturated carbocycles. The molecule has 0 aromatic carbocycles. The van der Waals surface area contributed by atoms with Crippen LogP contribution in [-0.4, -0.2) is 117 Å². The smallest absolute Gasteiger partial charge is 0.309 e. The number of hydrogen-bond acceptors (Lipinski definition) is 13. The zero-order valence-electron chi connectivity index (χ0n) is 52.8. The van der Waals surface area contributed by atoms with Crippen molar-refractivity contribution in [3.8, 4) is 0 Å². The first-order chi connectivity index (χ1) is 39.5. The second-order valence-corrected chi connectivity index (χ2v) is 25.1. The van der Waals surface area contributed by atoms with Gasteiger partial charge in [-0.15, -0.1) is 0 Å². The van der Waals surface area contributed by atoms with Crippen LogP contribution < -0.4 is 0 Å². The van der Waals surface area contributed by atoms with Crippen molar-refractivity contribution in [1.29, 1.82) is 0 Å². The lowest BCUT2D eigenvalue weighted by Gasteiger charge is -2.44. The fourth-order valence-corrected chi connectivity index (χ4v) is 12.0. The standard InChI is InChI=1S/C68H130O13/c1-5-9-13-17-21-25-29-33-37-41-45-49-55(50-46-42-38-34-30-26-22-18-14-10-6-2)65(75)77-53-57-59(69)61(71)63(73)67(79-57)81-68-64(74)62(72)60(70)58(80-68)54-78-66(76)56(51-47-43-39-35-31-27-23-19-15-11-7-3)52-48-44-40-36-32-28-24-20-16-12-8-4/h55-64,67-74H,5-54H2,1-4H3/t57?,58?,59-,60-,61-,62-,63?,64?,67-,68-/m0/s1. The van der Waals surface area contributed by atoms with Crippen LogP contribution in [0.1, 0.15) is 336 Å². The molecule has 10 atom stereocenters. The molecule has 2 saturated heterocycles. The van der Waals surface area contributed by atoms with Gasteiger partial charge < -0.3 is 54.3 Å². The number of aliphatic hydroxyl groups excluding tert-OH is 6. The predicted molar refractivity (Wildman–Crippen MR) is 328 cm³/mol. The van der Waals surface area contributed by atoms with Gasteiger partial charge >= 0.3 is 11.9 Å². The molecule has 480 valence electrons. The molecule has 6 N–H and O–H groups in total. The summed E-state index contributed by atoms with van der Waals surface area (Å²) < 4.78 is 29.4. The SMILES string of the molecule is CCCCCCCCCCCCCC(CCCCCCCCCCCCC)C(=O)OCC1O[C@@H](O[C@@H]2OC(COC(=O)C(CCCCCCCCCCCCC)CCCCCCCCCCCCC)[C@H](O)[C@H](O)C2O)C(O)[C@@H](O)[C@H]1O. The number of hydrogen-bond donors (Lipinski definition) is 6. The molecular weight excluding hydrogens is 1020 g/mol. The highest BCUT2D eigenvalue weighted by Gasteiger charge is 2.50. The Morgan fingerprint density at radius 1 is 0.296 bits per heavy atom. The molecule has 13 heteroatoms. The van der Waals surface area contributed by atoms with E-state index in [1.54, 1.807) is 0 Å². The summed E-state index contributed by atoms with van der Waals surface area (Å²) in [6, 6.07) is 0. The zero-order chi connectivity index (χ0) is 59.0. The van der Waals surface area contributed by atoms with Crippen LogP contribution in [0.4, 0.5) is 0 Å². The van der Waals surface area contributed by atoms with Gasteiger partial charge in [0.05, 0.1) is 11.8 Å². The van der Waals surface area contributed by atoms with Crippen LogP contribution in [0.2, 0.25) is 0 Å². The molecule has 0 aliphatic carbocycles. The van der Waals surface area contributed by atoms with Crippen LogP contribution in [0.15, 0.2) is 0 Å². The Morgan fingerprint density at radius 3 is 0.704 bits per heavy atom. The third kappa shape index (κ3) is 36.4. The van der Waals surface area contributed by atoms with Crippen molar-refractivity contribution < 1.29 is 63.9 Å². The summed E-state index contributed by atoms with van der Waals surface area (Å²) >= 11 is 0. The lowest BCUT2D eigenvalue weighted by molar-refractivity contribution is -0.376. The lowest BCUT2D eigenvalue weighted by Crippen LogP contribution is -2.64. The topological polar surface area (TPSA) is 202 Å². The van der Waals surface area contributed by atoms with Crippen molar-refractivity contribution in [3.63, 3.8) is 0 Å². The van der Waals surface area contributed by atoms with E-state index < -0.39 is 74.6 Å². The predicted octanol–water partition coefficient (Wildman–Crippen LogP) is 15.7. The van der Waals surface area contributed by atoms with Gasteiger partial charge in [0, 0.05) is 0 Å². The normalized spacial score (nSPS) is 23.2. The van der Waals surface area contributed by atoms with Gasteiger partial charge in [0.1, 0.15) is 62.0 Å². The van der Waals surface area contributed by atoms with Gasteiger partial charge in [0.15, 0.2) is 12.6 Å². The Hall–Kier alpha value is -1.42. The molecule has 81 heavy (non-hydrogen) atoms. The Morgan fingerprint density at radius 2 is 0.494 bits per heavy atom. The number of unbranched alkanes of at least 4 members (excludes halogenated alkanes) is 40. The van der Waals surface area contributed by atoms with Crippen molar-refractivity contribution in [1.82, 2.24) is 0 Å². The van der Waals surface area contributed by atoms with Crippen LogP contribution in [0, 0.1) is 11.8 Å². The minimum Gasteiger partial charge on any atom is -0.463 e. The molecule has 0 bridgehead atoms. The Bertz CT molecular complexity index is 1270. The summed E-state index contributed by atoms with van der Waals surface area (Å²) in [7, 11) is 0. The zero-order valence-corrected chi connectivity index (χ0v) is 52.8. The Balaban J connectivity index is 1.99. The molecule has 0 spiro atoms. The van der Waals surface area contributed by atoms with Crippen molar-refractivity contribution in [2.45, 2.75) is 397 Å². The van der Waals surface area contributed by atoms with E-state index >= 15 is 0 Å². The number of aliphatic hydroxyl groups is 6.